The molecule has 3 rings (SSSR count). The first-order valence-corrected chi connectivity index (χ1v) is 8.94. The van der Waals surface area contributed by atoms with E-state index in [4.69, 9.17) is 5.73 Å². The first-order valence-electron chi connectivity index (χ1n) is 7.56. The van der Waals surface area contributed by atoms with Crippen LogP contribution in [-0.2, 0) is 15.8 Å². The maximum Gasteiger partial charge on any atom is 0.332 e. The lowest BCUT2D eigenvalue weighted by Gasteiger charge is -2.25. The minimum Gasteiger partial charge on any atom is -0.383 e. The number of nitrogens with two attached hydrogens (primary N) is 1. The van der Waals surface area contributed by atoms with Crippen LogP contribution in [-0.4, -0.2) is 43.6 Å². The molecule has 0 radical (unpaired) electrons. The Morgan fingerprint density at radius 1 is 1.36 bits per heavy atom. The van der Waals surface area contributed by atoms with Crippen LogP contribution in [0.4, 0.5) is 21.5 Å². The van der Waals surface area contributed by atoms with Crippen LogP contribution in [0.25, 0.3) is 0 Å². The number of anilines is 3. The van der Waals surface area contributed by atoms with Crippen molar-refractivity contribution in [2.24, 2.45) is 0 Å². The lowest BCUT2D eigenvalue weighted by atomic mass is 9.93. The quantitative estimate of drug-likeness (QED) is 0.680. The standard InChI is InChI=1S/C15H18FN5O3S/c1-18-12-8-13(20-14(17)19-12)21-6-5-15(22,9-21)10-3-2-4-11(7-10)25(16,23)24/h2-4,7-8,22H,5-6,9H2,1H3,(H3,17,18,19,20). The van der Waals surface area contributed by atoms with E-state index in [1.54, 1.807) is 19.2 Å². The number of nitrogens with one attached hydrogen (secondary N) is 1. The van der Waals surface area contributed by atoms with Crippen LogP contribution in [0.15, 0.2) is 35.2 Å². The Hall–Kier alpha value is -2.46. The Morgan fingerprint density at radius 2 is 2.12 bits per heavy atom. The molecule has 25 heavy (non-hydrogen) atoms. The fourth-order valence-electron chi connectivity index (χ4n) is 2.90. The molecule has 0 saturated carbocycles. The van der Waals surface area contributed by atoms with E-state index in [-0.39, 0.29) is 12.5 Å². The van der Waals surface area contributed by atoms with E-state index in [9.17, 15) is 17.4 Å². The van der Waals surface area contributed by atoms with Gasteiger partial charge in [0.2, 0.25) is 5.95 Å². The summed E-state index contributed by atoms with van der Waals surface area (Å²) in [4.78, 5) is 9.52. The van der Waals surface area contributed by atoms with Gasteiger partial charge in [0.25, 0.3) is 0 Å². The highest BCUT2D eigenvalue weighted by Gasteiger charge is 2.39. The molecule has 1 aliphatic heterocycles. The molecule has 2 aromatic rings. The van der Waals surface area contributed by atoms with Crippen LogP contribution in [0.1, 0.15) is 12.0 Å². The number of hydrogen-bond acceptors (Lipinski definition) is 8. The molecule has 134 valence electrons. The Balaban J connectivity index is 1.90. The Kier molecular flexibility index (Phi) is 4.25. The van der Waals surface area contributed by atoms with Crippen molar-refractivity contribution in [1.82, 2.24) is 9.97 Å². The smallest absolute Gasteiger partial charge is 0.332 e. The predicted octanol–water partition coefficient (Wildman–Crippen LogP) is 0.857. The Bertz CT molecular complexity index is 908. The lowest BCUT2D eigenvalue weighted by Crippen LogP contribution is -2.31. The molecule has 1 aromatic carbocycles. The van der Waals surface area contributed by atoms with Crippen molar-refractivity contribution in [1.29, 1.82) is 0 Å². The molecule has 8 nitrogen and oxygen atoms in total. The molecule has 1 aromatic heterocycles. The maximum atomic E-state index is 13.2. The molecular weight excluding hydrogens is 349 g/mol. The fraction of sp³-hybridized carbons (Fsp3) is 0.333. The van der Waals surface area contributed by atoms with Gasteiger partial charge >= 0.3 is 10.2 Å². The monoisotopic (exact) mass is 367 g/mol. The topological polar surface area (TPSA) is 121 Å². The first-order chi connectivity index (χ1) is 11.7. The van der Waals surface area contributed by atoms with Gasteiger partial charge in [0, 0.05) is 19.7 Å². The highest BCUT2D eigenvalue weighted by atomic mass is 32.3. The van der Waals surface area contributed by atoms with E-state index in [0.717, 1.165) is 12.1 Å². The molecule has 2 heterocycles. The number of nitrogens with zero attached hydrogens (tertiary/aromatic N) is 3. The SMILES string of the molecule is CNc1cc(N2CCC(O)(c3cccc(S(=O)(=O)F)c3)C2)nc(N)n1. The van der Waals surface area contributed by atoms with E-state index >= 15 is 0 Å². The summed E-state index contributed by atoms with van der Waals surface area (Å²) < 4.78 is 35.4. The van der Waals surface area contributed by atoms with Crippen molar-refractivity contribution in [3.8, 4) is 0 Å². The Morgan fingerprint density at radius 3 is 2.80 bits per heavy atom. The van der Waals surface area contributed by atoms with Gasteiger partial charge in [-0.2, -0.15) is 18.4 Å². The molecule has 1 atom stereocenters. The minimum atomic E-state index is -4.83. The van der Waals surface area contributed by atoms with Crippen LogP contribution < -0.4 is 16.0 Å². The minimum absolute atomic E-state index is 0.0998. The average molecular weight is 367 g/mol. The molecular formula is C15H18FN5O3S. The van der Waals surface area contributed by atoms with Gasteiger partial charge in [-0.1, -0.05) is 12.1 Å². The maximum absolute atomic E-state index is 13.2. The summed E-state index contributed by atoms with van der Waals surface area (Å²) in [6, 6.07) is 6.99. The van der Waals surface area contributed by atoms with Gasteiger partial charge in [-0.25, -0.2) is 0 Å². The van der Waals surface area contributed by atoms with Gasteiger partial charge in [-0.3, -0.25) is 0 Å². The lowest BCUT2D eigenvalue weighted by molar-refractivity contribution is 0.0604. The number of β-amino-alcohol motifs (C(OH)–C–C–N with tert-alkyl or cyclic N) is 1. The van der Waals surface area contributed by atoms with E-state index in [0.29, 0.717) is 30.2 Å². The zero-order valence-electron chi connectivity index (χ0n) is 13.5. The van der Waals surface area contributed by atoms with E-state index < -0.39 is 20.7 Å². The molecule has 0 bridgehead atoms. The molecule has 4 N–H and O–H groups in total. The summed E-state index contributed by atoms with van der Waals surface area (Å²) in [5, 5.41) is 13.8. The van der Waals surface area contributed by atoms with Crippen LogP contribution in [0.5, 0.6) is 0 Å². The summed E-state index contributed by atoms with van der Waals surface area (Å²) >= 11 is 0. The normalized spacial score (nSPS) is 20.7. The van der Waals surface area contributed by atoms with Gasteiger partial charge in [-0.15, -0.1) is 3.89 Å². The molecule has 1 saturated heterocycles. The third-order valence-corrected chi connectivity index (χ3v) is 5.03. The average Bonchev–Trinajstić information content (AvgIpc) is 2.97. The summed E-state index contributed by atoms with van der Waals surface area (Å²) in [6.45, 7) is 0.644. The second-order valence-electron chi connectivity index (χ2n) is 5.89. The molecule has 1 aliphatic rings. The predicted molar refractivity (Wildman–Crippen MR) is 91.5 cm³/mol. The van der Waals surface area contributed by atoms with Crippen molar-refractivity contribution in [3.05, 3.63) is 35.9 Å². The number of benzene rings is 1. The number of nitrogen functional groups attached to an aromatic ring is 1. The summed E-state index contributed by atoms with van der Waals surface area (Å²) in [7, 11) is -3.13. The van der Waals surface area contributed by atoms with Crippen molar-refractivity contribution in [3.63, 3.8) is 0 Å². The summed E-state index contributed by atoms with van der Waals surface area (Å²) in [5.41, 5.74) is 4.71. The third kappa shape index (κ3) is 3.49. The third-order valence-electron chi connectivity index (χ3n) is 4.21. The molecule has 10 heteroatoms. The Labute approximate surface area is 144 Å². The molecule has 0 aliphatic carbocycles. The van der Waals surface area contributed by atoms with Crippen molar-refractivity contribution in [2.45, 2.75) is 16.9 Å². The molecule has 1 unspecified atom stereocenters. The van der Waals surface area contributed by atoms with Gasteiger partial charge in [0.15, 0.2) is 0 Å². The second-order valence-corrected chi connectivity index (χ2v) is 7.24. The zero-order chi connectivity index (χ0) is 18.2. The zero-order valence-corrected chi connectivity index (χ0v) is 14.3. The fourth-order valence-corrected chi connectivity index (χ4v) is 3.41. The molecule has 0 spiro atoms. The van der Waals surface area contributed by atoms with Crippen LogP contribution in [0.2, 0.25) is 0 Å². The van der Waals surface area contributed by atoms with Gasteiger partial charge in [-0.05, 0) is 24.1 Å². The number of aromatic nitrogens is 2. The van der Waals surface area contributed by atoms with Crippen molar-refractivity contribution < 1.29 is 17.4 Å². The van der Waals surface area contributed by atoms with Gasteiger partial charge in [0.05, 0.1) is 11.4 Å². The molecule has 1 fully saturated rings. The van der Waals surface area contributed by atoms with E-state index in [1.165, 1.54) is 6.07 Å². The molecule has 0 amide bonds. The van der Waals surface area contributed by atoms with Crippen molar-refractivity contribution in [2.75, 3.05) is 36.1 Å². The number of halogens is 1. The highest BCUT2D eigenvalue weighted by molar-refractivity contribution is 7.86. The number of aliphatic hydroxyl groups is 1. The first kappa shape index (κ1) is 17.4. The van der Waals surface area contributed by atoms with E-state index in [1.807, 2.05) is 4.90 Å². The van der Waals surface area contributed by atoms with Crippen LogP contribution >= 0.6 is 0 Å². The van der Waals surface area contributed by atoms with E-state index in [2.05, 4.69) is 15.3 Å². The summed E-state index contributed by atoms with van der Waals surface area (Å²) in [6.07, 6.45) is 0.335. The van der Waals surface area contributed by atoms with Gasteiger partial charge in [0.1, 0.15) is 17.2 Å². The second kappa shape index (κ2) is 6.12. The largest absolute Gasteiger partial charge is 0.383 e. The summed E-state index contributed by atoms with van der Waals surface area (Å²) in [5.74, 6) is 1.19. The van der Waals surface area contributed by atoms with Gasteiger partial charge < -0.3 is 21.1 Å². The van der Waals surface area contributed by atoms with Crippen LogP contribution in [0.3, 0.4) is 0 Å². The number of hydrogen-bond donors (Lipinski definition) is 3. The highest BCUT2D eigenvalue weighted by Crippen LogP contribution is 2.35. The number of rotatable bonds is 4. The van der Waals surface area contributed by atoms with Crippen LogP contribution in [0, 0.1) is 0 Å². The van der Waals surface area contributed by atoms with Crippen molar-refractivity contribution >= 4 is 27.8 Å².